The molecule has 0 bridgehead atoms. The van der Waals surface area contributed by atoms with Crippen molar-refractivity contribution in [2.24, 2.45) is 5.92 Å². The lowest BCUT2D eigenvalue weighted by atomic mass is 10.2. The van der Waals surface area contributed by atoms with Crippen LogP contribution < -0.4 is 0 Å². The summed E-state index contributed by atoms with van der Waals surface area (Å²) in [5.41, 5.74) is 0. The molecule has 76 valence electrons. The van der Waals surface area contributed by atoms with Gasteiger partial charge in [0.25, 0.3) is 0 Å². The van der Waals surface area contributed by atoms with Crippen LogP contribution in [0.3, 0.4) is 0 Å². The minimum atomic E-state index is 0.927. The molecule has 2 aromatic rings. The summed E-state index contributed by atoms with van der Waals surface area (Å²) < 4.78 is 0. The van der Waals surface area contributed by atoms with Gasteiger partial charge >= 0.3 is 0 Å². The van der Waals surface area contributed by atoms with E-state index in [1.165, 1.54) is 29.4 Å². The van der Waals surface area contributed by atoms with Gasteiger partial charge in [-0.05, 0) is 18.8 Å². The van der Waals surface area contributed by atoms with Crippen molar-refractivity contribution in [3.63, 3.8) is 0 Å². The third kappa shape index (κ3) is 1.97. The predicted octanol–water partition coefficient (Wildman–Crippen LogP) is 3.13. The van der Waals surface area contributed by atoms with Crippen LogP contribution in [0.2, 0.25) is 0 Å². The summed E-state index contributed by atoms with van der Waals surface area (Å²) in [6.45, 7) is 0. The number of fused-ring (bicyclic) bond motifs is 1. The van der Waals surface area contributed by atoms with E-state index in [0.717, 1.165) is 10.9 Å². The Bertz CT molecular complexity index is 475. The average Bonchev–Trinajstić information content (AvgIpc) is 3.10. The van der Waals surface area contributed by atoms with Crippen LogP contribution in [-0.4, -0.2) is 16.0 Å². The normalized spacial score (nSPS) is 15.7. The Morgan fingerprint density at radius 2 is 2.13 bits per heavy atom. The molecule has 1 aliphatic carbocycles. The maximum Gasteiger partial charge on any atom is 0.127 e. The van der Waals surface area contributed by atoms with Crippen LogP contribution in [0.5, 0.6) is 0 Å². The van der Waals surface area contributed by atoms with Crippen molar-refractivity contribution in [2.75, 3.05) is 5.75 Å². The predicted molar refractivity (Wildman–Crippen MR) is 63.0 cm³/mol. The first-order valence-electron chi connectivity index (χ1n) is 5.27. The van der Waals surface area contributed by atoms with Gasteiger partial charge in [0.1, 0.15) is 5.03 Å². The SMILES string of the molecule is c1ccc2c(SCC3CC3)nncc2c1. The monoisotopic (exact) mass is 216 g/mol. The Labute approximate surface area is 93.1 Å². The topological polar surface area (TPSA) is 25.8 Å². The molecule has 0 atom stereocenters. The zero-order valence-corrected chi connectivity index (χ0v) is 9.20. The first kappa shape index (κ1) is 9.16. The zero-order chi connectivity index (χ0) is 10.1. The van der Waals surface area contributed by atoms with Gasteiger partial charge in [-0.3, -0.25) is 0 Å². The summed E-state index contributed by atoms with van der Waals surface area (Å²) in [5.74, 6) is 2.12. The first-order valence-corrected chi connectivity index (χ1v) is 6.25. The van der Waals surface area contributed by atoms with Gasteiger partial charge in [0, 0.05) is 16.5 Å². The summed E-state index contributed by atoms with van der Waals surface area (Å²) in [6.07, 6.45) is 4.62. The molecule has 1 aromatic carbocycles. The number of thioether (sulfide) groups is 1. The Balaban J connectivity index is 1.93. The lowest BCUT2D eigenvalue weighted by molar-refractivity contribution is 0.944. The van der Waals surface area contributed by atoms with E-state index in [2.05, 4.69) is 28.4 Å². The second-order valence-electron chi connectivity index (χ2n) is 3.99. The van der Waals surface area contributed by atoms with E-state index in [-0.39, 0.29) is 0 Å². The number of rotatable bonds is 3. The zero-order valence-electron chi connectivity index (χ0n) is 8.39. The molecule has 3 heteroatoms. The standard InChI is InChI=1S/C12H12N2S/c1-2-4-11-10(3-1)7-13-14-12(11)15-8-9-5-6-9/h1-4,7,9H,5-6,8H2. The highest BCUT2D eigenvalue weighted by atomic mass is 32.2. The lowest BCUT2D eigenvalue weighted by Gasteiger charge is -2.02. The highest BCUT2D eigenvalue weighted by molar-refractivity contribution is 7.99. The molecule has 0 saturated heterocycles. The third-order valence-electron chi connectivity index (χ3n) is 2.69. The molecule has 0 unspecified atom stereocenters. The highest BCUT2D eigenvalue weighted by Crippen LogP contribution is 2.35. The lowest BCUT2D eigenvalue weighted by Crippen LogP contribution is -1.89. The van der Waals surface area contributed by atoms with Crippen LogP contribution >= 0.6 is 11.8 Å². The Morgan fingerprint density at radius 1 is 1.27 bits per heavy atom. The van der Waals surface area contributed by atoms with Gasteiger partial charge in [-0.25, -0.2) is 0 Å². The van der Waals surface area contributed by atoms with Crippen LogP contribution in [0.15, 0.2) is 35.5 Å². The van der Waals surface area contributed by atoms with Gasteiger partial charge in [-0.15, -0.1) is 16.9 Å². The molecule has 0 N–H and O–H groups in total. The third-order valence-corrected chi connectivity index (χ3v) is 3.90. The minimum absolute atomic E-state index is 0.927. The molecule has 1 aliphatic rings. The van der Waals surface area contributed by atoms with Crippen LogP contribution in [0.4, 0.5) is 0 Å². The average molecular weight is 216 g/mol. The summed E-state index contributed by atoms with van der Waals surface area (Å²) >= 11 is 1.85. The fraction of sp³-hybridized carbons (Fsp3) is 0.333. The van der Waals surface area contributed by atoms with Crippen LogP contribution in [-0.2, 0) is 0 Å². The Kier molecular flexibility index (Phi) is 2.33. The molecule has 0 radical (unpaired) electrons. The quantitative estimate of drug-likeness (QED) is 0.737. The van der Waals surface area contributed by atoms with Gasteiger partial charge in [0.2, 0.25) is 0 Å². The molecule has 15 heavy (non-hydrogen) atoms. The smallest absolute Gasteiger partial charge is 0.127 e. The van der Waals surface area contributed by atoms with Crippen molar-refractivity contribution in [2.45, 2.75) is 17.9 Å². The van der Waals surface area contributed by atoms with Crippen LogP contribution in [0.1, 0.15) is 12.8 Å². The summed E-state index contributed by atoms with van der Waals surface area (Å²) in [6, 6.07) is 8.31. The number of nitrogens with zero attached hydrogens (tertiary/aromatic N) is 2. The van der Waals surface area contributed by atoms with E-state index in [0.29, 0.717) is 0 Å². The van der Waals surface area contributed by atoms with Gasteiger partial charge in [0.15, 0.2) is 0 Å². The fourth-order valence-corrected chi connectivity index (χ4v) is 2.76. The Hall–Kier alpha value is -1.09. The number of aromatic nitrogens is 2. The minimum Gasteiger partial charge on any atom is -0.157 e. The maximum absolute atomic E-state index is 4.22. The van der Waals surface area contributed by atoms with Crippen LogP contribution in [0, 0.1) is 5.92 Å². The van der Waals surface area contributed by atoms with E-state index in [1.807, 2.05) is 24.0 Å². The van der Waals surface area contributed by atoms with Gasteiger partial charge in [-0.1, -0.05) is 24.3 Å². The number of hydrogen-bond acceptors (Lipinski definition) is 3. The molecule has 1 fully saturated rings. The van der Waals surface area contributed by atoms with E-state index in [4.69, 9.17) is 0 Å². The number of hydrogen-bond donors (Lipinski definition) is 0. The second-order valence-corrected chi connectivity index (χ2v) is 5.00. The van der Waals surface area contributed by atoms with Crippen molar-refractivity contribution in [3.8, 4) is 0 Å². The number of benzene rings is 1. The Morgan fingerprint density at radius 3 is 3.00 bits per heavy atom. The summed E-state index contributed by atoms with van der Waals surface area (Å²) in [4.78, 5) is 0. The van der Waals surface area contributed by atoms with Crippen molar-refractivity contribution in [1.82, 2.24) is 10.2 Å². The molecule has 0 amide bonds. The largest absolute Gasteiger partial charge is 0.157 e. The summed E-state index contributed by atoms with van der Waals surface area (Å²) in [7, 11) is 0. The van der Waals surface area contributed by atoms with E-state index >= 15 is 0 Å². The molecular formula is C12H12N2S. The molecule has 1 aromatic heterocycles. The van der Waals surface area contributed by atoms with E-state index in [1.54, 1.807) is 0 Å². The first-order chi connectivity index (χ1) is 7.43. The molecule has 0 aliphatic heterocycles. The summed E-state index contributed by atoms with van der Waals surface area (Å²) in [5, 5.41) is 11.8. The van der Waals surface area contributed by atoms with E-state index in [9.17, 15) is 0 Å². The molecule has 2 nitrogen and oxygen atoms in total. The van der Waals surface area contributed by atoms with Gasteiger partial charge in [-0.2, -0.15) is 5.10 Å². The molecule has 3 rings (SSSR count). The maximum atomic E-state index is 4.22. The molecular weight excluding hydrogens is 204 g/mol. The van der Waals surface area contributed by atoms with Crippen molar-refractivity contribution >= 4 is 22.5 Å². The van der Waals surface area contributed by atoms with Gasteiger partial charge < -0.3 is 0 Å². The second kappa shape index (κ2) is 3.81. The van der Waals surface area contributed by atoms with Crippen LogP contribution in [0.25, 0.3) is 10.8 Å². The van der Waals surface area contributed by atoms with E-state index < -0.39 is 0 Å². The van der Waals surface area contributed by atoms with Crippen molar-refractivity contribution in [1.29, 1.82) is 0 Å². The van der Waals surface area contributed by atoms with Crippen molar-refractivity contribution in [3.05, 3.63) is 30.5 Å². The molecule has 1 saturated carbocycles. The molecule has 1 heterocycles. The van der Waals surface area contributed by atoms with Crippen molar-refractivity contribution < 1.29 is 0 Å². The highest BCUT2D eigenvalue weighted by Gasteiger charge is 2.21. The molecule has 0 spiro atoms. The fourth-order valence-electron chi connectivity index (χ4n) is 1.59. The van der Waals surface area contributed by atoms with Gasteiger partial charge in [0.05, 0.1) is 6.20 Å².